The van der Waals surface area contributed by atoms with Crippen LogP contribution < -0.4 is 0 Å². The average Bonchev–Trinajstić information content (AvgIpc) is 2.22. The molecule has 0 spiro atoms. The van der Waals surface area contributed by atoms with Gasteiger partial charge < -0.3 is 4.74 Å². The second kappa shape index (κ2) is 7.10. The molecule has 0 rings (SSSR count). The molecule has 0 unspecified atom stereocenters. The van der Waals surface area contributed by atoms with Gasteiger partial charge in [-0.1, -0.05) is 26.5 Å². The molecule has 3 heteroatoms. The molecule has 0 aliphatic heterocycles. The van der Waals surface area contributed by atoms with Gasteiger partial charge in [0, 0.05) is 5.92 Å². The Labute approximate surface area is 84.4 Å². The predicted octanol–water partition coefficient (Wildman–Crippen LogP) is 1.91. The minimum absolute atomic E-state index is 0.0511. The second-order valence-electron chi connectivity index (χ2n) is 2.92. The molecule has 0 amide bonds. The van der Waals surface area contributed by atoms with Gasteiger partial charge in [0.25, 0.3) is 0 Å². The maximum atomic E-state index is 11.3. The summed E-state index contributed by atoms with van der Waals surface area (Å²) in [6, 6.07) is 0. The molecular formula is C11H16O3. The van der Waals surface area contributed by atoms with E-state index in [1.54, 1.807) is 5.94 Å². The Balaban J connectivity index is 4.48. The SMILES string of the molecule is C=CCOC(=O)C(=C=O)C(CC)CC. The van der Waals surface area contributed by atoms with E-state index in [1.807, 2.05) is 13.8 Å². The van der Waals surface area contributed by atoms with Crippen LogP contribution in [-0.4, -0.2) is 18.5 Å². The van der Waals surface area contributed by atoms with E-state index < -0.39 is 5.97 Å². The molecule has 0 aromatic rings. The van der Waals surface area contributed by atoms with Crippen molar-refractivity contribution in [1.29, 1.82) is 0 Å². The van der Waals surface area contributed by atoms with E-state index in [2.05, 4.69) is 6.58 Å². The number of rotatable bonds is 6. The summed E-state index contributed by atoms with van der Waals surface area (Å²) in [5, 5.41) is 0. The quantitative estimate of drug-likeness (QED) is 0.282. The first-order chi connectivity index (χ1) is 6.71. The van der Waals surface area contributed by atoms with Crippen LogP contribution in [0.25, 0.3) is 0 Å². The molecule has 0 aliphatic carbocycles. The number of hydrogen-bond donors (Lipinski definition) is 0. The summed E-state index contributed by atoms with van der Waals surface area (Å²) >= 11 is 0. The molecule has 0 aliphatic rings. The Morgan fingerprint density at radius 3 is 2.43 bits per heavy atom. The number of carbonyl (C=O) groups is 1. The summed E-state index contributed by atoms with van der Waals surface area (Å²) in [6.45, 7) is 7.39. The highest BCUT2D eigenvalue weighted by Crippen LogP contribution is 2.17. The Morgan fingerprint density at radius 1 is 1.50 bits per heavy atom. The van der Waals surface area contributed by atoms with Gasteiger partial charge in [0.15, 0.2) is 0 Å². The zero-order valence-corrected chi connectivity index (χ0v) is 8.71. The molecule has 3 nitrogen and oxygen atoms in total. The van der Waals surface area contributed by atoms with E-state index in [-0.39, 0.29) is 18.1 Å². The standard InChI is InChI=1S/C11H16O3/c1-4-7-14-11(13)10(8-12)9(5-2)6-3/h4,9H,1,5-7H2,2-3H3. The first-order valence-electron chi connectivity index (χ1n) is 4.74. The minimum atomic E-state index is -0.575. The van der Waals surface area contributed by atoms with Crippen molar-refractivity contribution in [2.75, 3.05) is 6.61 Å². The normalized spacial score (nSPS) is 9.36. The summed E-state index contributed by atoms with van der Waals surface area (Å²) in [4.78, 5) is 21.9. The molecule has 0 heterocycles. The zero-order valence-electron chi connectivity index (χ0n) is 8.71. The number of ether oxygens (including phenoxy) is 1. The van der Waals surface area contributed by atoms with Crippen LogP contribution in [0, 0.1) is 5.92 Å². The van der Waals surface area contributed by atoms with Crippen molar-refractivity contribution >= 4 is 11.9 Å². The Hall–Kier alpha value is -1.34. The van der Waals surface area contributed by atoms with E-state index in [9.17, 15) is 9.59 Å². The van der Waals surface area contributed by atoms with E-state index in [1.165, 1.54) is 6.08 Å². The van der Waals surface area contributed by atoms with Crippen LogP contribution in [-0.2, 0) is 14.3 Å². The van der Waals surface area contributed by atoms with Gasteiger partial charge in [-0.3, -0.25) is 0 Å². The molecule has 78 valence electrons. The van der Waals surface area contributed by atoms with Gasteiger partial charge in [-0.05, 0) is 12.8 Å². The lowest BCUT2D eigenvalue weighted by molar-refractivity contribution is -0.138. The highest BCUT2D eigenvalue weighted by molar-refractivity contribution is 5.97. The fraction of sp³-hybridized carbons (Fsp3) is 0.545. The van der Waals surface area contributed by atoms with Gasteiger partial charge in [-0.2, -0.15) is 0 Å². The Bertz CT molecular complexity index is 245. The summed E-state index contributed by atoms with van der Waals surface area (Å²) in [5.41, 5.74) is 0.108. The third-order valence-corrected chi connectivity index (χ3v) is 2.06. The molecule has 0 saturated heterocycles. The fourth-order valence-corrected chi connectivity index (χ4v) is 1.20. The summed E-state index contributed by atoms with van der Waals surface area (Å²) in [6.07, 6.45) is 2.95. The minimum Gasteiger partial charge on any atom is -0.458 e. The van der Waals surface area contributed by atoms with Crippen LogP contribution in [0.3, 0.4) is 0 Å². The monoisotopic (exact) mass is 196 g/mol. The maximum absolute atomic E-state index is 11.3. The molecular weight excluding hydrogens is 180 g/mol. The molecule has 14 heavy (non-hydrogen) atoms. The average molecular weight is 196 g/mol. The van der Waals surface area contributed by atoms with E-state index in [0.717, 1.165) is 12.8 Å². The Kier molecular flexibility index (Phi) is 6.42. The van der Waals surface area contributed by atoms with Gasteiger partial charge >= 0.3 is 5.97 Å². The molecule has 0 aromatic heterocycles. The van der Waals surface area contributed by atoms with E-state index >= 15 is 0 Å². The largest absolute Gasteiger partial charge is 0.458 e. The summed E-state index contributed by atoms with van der Waals surface area (Å²) < 4.78 is 4.77. The fourth-order valence-electron chi connectivity index (χ4n) is 1.20. The first-order valence-corrected chi connectivity index (χ1v) is 4.74. The zero-order chi connectivity index (χ0) is 11.0. The number of esters is 1. The number of carbonyl (C=O) groups excluding carboxylic acids is 2. The van der Waals surface area contributed by atoms with Crippen LogP contribution >= 0.6 is 0 Å². The van der Waals surface area contributed by atoms with Crippen molar-refractivity contribution in [3.63, 3.8) is 0 Å². The van der Waals surface area contributed by atoms with E-state index in [4.69, 9.17) is 4.74 Å². The van der Waals surface area contributed by atoms with Crippen LogP contribution in [0.15, 0.2) is 18.2 Å². The molecule has 0 fully saturated rings. The second-order valence-corrected chi connectivity index (χ2v) is 2.92. The number of hydrogen-bond acceptors (Lipinski definition) is 3. The van der Waals surface area contributed by atoms with Gasteiger partial charge in [0.1, 0.15) is 18.1 Å². The maximum Gasteiger partial charge on any atom is 0.345 e. The van der Waals surface area contributed by atoms with Gasteiger partial charge in [-0.25, -0.2) is 9.59 Å². The molecule has 0 aromatic carbocycles. The van der Waals surface area contributed by atoms with Gasteiger partial charge in [0.05, 0.1) is 0 Å². The molecule has 0 bridgehead atoms. The van der Waals surface area contributed by atoms with Crippen LogP contribution in [0.2, 0.25) is 0 Å². The van der Waals surface area contributed by atoms with Crippen molar-refractivity contribution in [1.82, 2.24) is 0 Å². The molecule has 0 saturated carbocycles. The van der Waals surface area contributed by atoms with E-state index in [0.29, 0.717) is 0 Å². The lowest BCUT2D eigenvalue weighted by Crippen LogP contribution is -2.16. The van der Waals surface area contributed by atoms with Crippen molar-refractivity contribution < 1.29 is 14.3 Å². The summed E-state index contributed by atoms with van der Waals surface area (Å²) in [7, 11) is 0. The third-order valence-electron chi connectivity index (χ3n) is 2.06. The van der Waals surface area contributed by atoms with Crippen molar-refractivity contribution in [3.8, 4) is 0 Å². The molecule has 0 N–H and O–H groups in total. The predicted molar refractivity (Wildman–Crippen MR) is 54.4 cm³/mol. The third kappa shape index (κ3) is 3.58. The van der Waals surface area contributed by atoms with Crippen molar-refractivity contribution in [2.45, 2.75) is 26.7 Å². The van der Waals surface area contributed by atoms with Crippen LogP contribution in [0.1, 0.15) is 26.7 Å². The lowest BCUT2D eigenvalue weighted by Gasteiger charge is -2.11. The first kappa shape index (κ1) is 12.7. The van der Waals surface area contributed by atoms with Gasteiger partial charge in [-0.15, -0.1) is 0 Å². The van der Waals surface area contributed by atoms with Crippen molar-refractivity contribution in [2.24, 2.45) is 5.92 Å². The molecule has 0 radical (unpaired) electrons. The van der Waals surface area contributed by atoms with Gasteiger partial charge in [0.2, 0.25) is 0 Å². The highest BCUT2D eigenvalue weighted by Gasteiger charge is 2.20. The van der Waals surface area contributed by atoms with Crippen LogP contribution in [0.5, 0.6) is 0 Å². The topological polar surface area (TPSA) is 43.4 Å². The lowest BCUT2D eigenvalue weighted by atomic mass is 9.95. The van der Waals surface area contributed by atoms with Crippen molar-refractivity contribution in [3.05, 3.63) is 18.2 Å². The summed E-state index contributed by atoms with van der Waals surface area (Å²) in [5.74, 6) is 1.04. The van der Waals surface area contributed by atoms with Crippen LogP contribution in [0.4, 0.5) is 0 Å². The highest BCUT2D eigenvalue weighted by atomic mass is 16.5. The smallest absolute Gasteiger partial charge is 0.345 e. The Morgan fingerprint density at radius 2 is 2.07 bits per heavy atom. The molecule has 0 atom stereocenters.